The third kappa shape index (κ3) is 19.9. The third-order valence-corrected chi connectivity index (χ3v) is 9.22. The monoisotopic (exact) mass is 868 g/mol. The van der Waals surface area contributed by atoms with E-state index in [1.54, 1.807) is 24.8 Å². The Labute approximate surface area is 345 Å². The molecule has 16 heteroatoms. The summed E-state index contributed by atoms with van der Waals surface area (Å²) < 4.78 is 2.56. The first-order valence-corrected chi connectivity index (χ1v) is 18.1. The van der Waals surface area contributed by atoms with E-state index in [2.05, 4.69) is 29.6 Å². The van der Waals surface area contributed by atoms with Crippen LogP contribution in [0.15, 0.2) is 49.1 Å². The number of likely N-dealkylation sites (tertiary alicyclic amines) is 4. The molecule has 4 fully saturated rings. The summed E-state index contributed by atoms with van der Waals surface area (Å²) in [6.45, 7) is 8.69. The quantitative estimate of drug-likeness (QED) is 0.197. The Bertz CT molecular complexity index is 987. The topological polar surface area (TPSA) is 38.7 Å². The van der Waals surface area contributed by atoms with Crippen LogP contribution in [0.4, 0.5) is 0 Å². The van der Waals surface area contributed by atoms with E-state index in [-0.39, 0.29) is 39.0 Å². The van der Waals surface area contributed by atoms with Crippen LogP contribution >= 0.6 is 48.9 Å². The summed E-state index contributed by atoms with van der Waals surface area (Å²) in [5.41, 5.74) is 2.35. The summed E-state index contributed by atoms with van der Waals surface area (Å²) in [6, 6.07) is 7.93. The molecule has 6 heterocycles. The van der Waals surface area contributed by atoms with Crippen molar-refractivity contribution in [3.05, 3.63) is 49.1 Å². The normalized spacial score (nSPS) is 15.9. The summed E-state index contributed by atoms with van der Waals surface area (Å²) in [7, 11) is 0. The molecule has 46 heavy (non-hydrogen) atoms. The second kappa shape index (κ2) is 27.8. The van der Waals surface area contributed by atoms with Crippen molar-refractivity contribution in [2.45, 2.75) is 51.4 Å². The maximum Gasteiger partial charge on any atom is 2.00 e. The summed E-state index contributed by atoms with van der Waals surface area (Å²) in [4.78, 5) is 16.2. The minimum Gasteiger partial charge on any atom is -0.411 e. The predicted octanol–water partition coefficient (Wildman–Crippen LogP) is 5.79. The first kappa shape index (κ1) is 46.0. The zero-order chi connectivity index (χ0) is 32.2. The van der Waals surface area contributed by atoms with Crippen LogP contribution in [0.5, 0.6) is 0 Å². The van der Waals surface area contributed by atoms with Crippen molar-refractivity contribution in [1.82, 2.24) is 29.6 Å². The Balaban J connectivity index is 0.000000551. The van der Waals surface area contributed by atoms with Gasteiger partial charge in [-0.1, -0.05) is 17.3 Å². The van der Waals surface area contributed by atoms with Crippen LogP contribution in [0.25, 0.3) is 11.1 Å². The standard InChI is InChI=1S/C10H8N2.4C5H9NS2.2Zn/c1-5-11-6-2-9(1)10-3-7-12-8-4-10;4*7-5(8)6-3-1-2-4-6;;/h1-8H;4*1-4H2,(H,7,8);;/q;;;;;2*+2/p-4. The van der Waals surface area contributed by atoms with Crippen LogP contribution in [-0.2, 0) is 89.5 Å². The van der Waals surface area contributed by atoms with Crippen molar-refractivity contribution in [2.24, 2.45) is 0 Å². The minimum absolute atomic E-state index is 0. The first-order chi connectivity index (χ1) is 21.2. The van der Waals surface area contributed by atoms with Crippen LogP contribution in [-0.4, -0.2) is 99.2 Å². The van der Waals surface area contributed by atoms with Crippen LogP contribution in [0.2, 0.25) is 0 Å². The van der Waals surface area contributed by atoms with E-state index in [1.165, 1.54) is 62.5 Å². The van der Waals surface area contributed by atoms with Crippen LogP contribution < -0.4 is 0 Å². The fourth-order valence-corrected chi connectivity index (χ4v) is 6.15. The van der Waals surface area contributed by atoms with Crippen molar-refractivity contribution in [3.8, 4) is 11.1 Å². The van der Waals surface area contributed by atoms with Crippen molar-refractivity contribution in [3.63, 3.8) is 0 Å². The molecular formula is C30H40N6S8Zn2. The molecule has 2 aromatic rings. The third-order valence-electron chi connectivity index (χ3n) is 7.15. The number of hydrogen-bond acceptors (Lipinski definition) is 10. The fourth-order valence-electron chi connectivity index (χ4n) is 4.69. The van der Waals surface area contributed by atoms with Crippen molar-refractivity contribution in [2.75, 3.05) is 52.4 Å². The molecule has 4 saturated heterocycles. The summed E-state index contributed by atoms with van der Waals surface area (Å²) in [6.07, 6.45) is 17.2. The van der Waals surface area contributed by atoms with Gasteiger partial charge in [-0.3, -0.25) is 9.97 Å². The SMILES string of the molecule is S=C([S-])N1CCCC1.S=C([S-])N1CCCC1.S=C([S-])N1CCCC1.S=C([S-])N1CCCC1.[Zn+2].[Zn+2].c1cc(-c2ccncc2)ccn1. The van der Waals surface area contributed by atoms with Gasteiger partial charge < -0.3 is 119 Å². The minimum atomic E-state index is 0. The van der Waals surface area contributed by atoms with Crippen LogP contribution in [0.3, 0.4) is 0 Å². The number of aromatic nitrogens is 2. The zero-order valence-electron chi connectivity index (χ0n) is 26.3. The first-order valence-electron chi connectivity index (χ1n) is 14.8. The van der Waals surface area contributed by atoms with Gasteiger partial charge in [-0.05, 0) is 86.8 Å². The summed E-state index contributed by atoms with van der Waals surface area (Å²) in [5.74, 6) is 0. The summed E-state index contributed by atoms with van der Waals surface area (Å²) in [5, 5.41) is 0. The van der Waals surface area contributed by atoms with Crippen molar-refractivity contribution >= 4 is 117 Å². The molecule has 0 spiro atoms. The Kier molecular flexibility index (Phi) is 27.8. The maximum atomic E-state index is 4.80. The molecule has 0 unspecified atom stereocenters. The van der Waals surface area contributed by atoms with Gasteiger partial charge in [0.2, 0.25) is 0 Å². The van der Waals surface area contributed by atoms with Crippen LogP contribution in [0, 0.1) is 0 Å². The molecule has 0 bridgehead atoms. The van der Waals surface area contributed by atoms with Gasteiger partial charge >= 0.3 is 39.0 Å². The molecule has 0 aliphatic carbocycles. The molecule has 6 rings (SSSR count). The molecule has 6 nitrogen and oxygen atoms in total. The predicted molar refractivity (Wildman–Crippen MR) is 211 cm³/mol. The zero-order valence-corrected chi connectivity index (χ0v) is 38.8. The molecule has 2 aromatic heterocycles. The van der Waals surface area contributed by atoms with Gasteiger partial charge in [-0.2, -0.15) is 0 Å². The molecule has 4 aliphatic rings. The second-order valence-corrected chi connectivity index (χ2v) is 14.4. The molecule has 242 valence electrons. The van der Waals surface area contributed by atoms with Gasteiger partial charge in [0.15, 0.2) is 0 Å². The van der Waals surface area contributed by atoms with Gasteiger partial charge in [0, 0.05) is 77.1 Å². The Morgan fingerprint density at radius 1 is 0.413 bits per heavy atom. The van der Waals surface area contributed by atoms with E-state index >= 15 is 0 Å². The number of nitrogens with zero attached hydrogens (tertiary/aromatic N) is 6. The van der Waals surface area contributed by atoms with E-state index in [0.717, 1.165) is 52.4 Å². The Hall–Kier alpha value is -0.0132. The number of thiocarbonyl (C=S) groups is 4. The van der Waals surface area contributed by atoms with E-state index < -0.39 is 0 Å². The van der Waals surface area contributed by atoms with Crippen molar-refractivity contribution < 1.29 is 39.0 Å². The van der Waals surface area contributed by atoms with E-state index in [0.29, 0.717) is 17.3 Å². The number of hydrogen-bond donors (Lipinski definition) is 0. The molecule has 0 saturated carbocycles. The smallest absolute Gasteiger partial charge is 0.411 e. The molecular weight excluding hydrogens is 832 g/mol. The molecule has 0 N–H and O–H groups in total. The maximum absolute atomic E-state index is 4.80. The van der Waals surface area contributed by atoms with E-state index in [4.69, 9.17) is 99.4 Å². The van der Waals surface area contributed by atoms with E-state index in [1.807, 2.05) is 24.3 Å². The fraction of sp³-hybridized carbons (Fsp3) is 0.533. The van der Waals surface area contributed by atoms with Gasteiger partial charge in [0.1, 0.15) is 0 Å². The van der Waals surface area contributed by atoms with Gasteiger partial charge in [0.05, 0.1) is 0 Å². The molecule has 0 atom stereocenters. The van der Waals surface area contributed by atoms with Crippen LogP contribution in [0.1, 0.15) is 51.4 Å². The van der Waals surface area contributed by atoms with Gasteiger partial charge in [-0.15, -0.1) is 0 Å². The van der Waals surface area contributed by atoms with E-state index in [9.17, 15) is 0 Å². The average molecular weight is 872 g/mol. The molecule has 0 amide bonds. The van der Waals surface area contributed by atoms with Gasteiger partial charge in [-0.25, -0.2) is 0 Å². The number of rotatable bonds is 1. The second-order valence-electron chi connectivity index (χ2n) is 10.3. The molecule has 4 aliphatic heterocycles. The average Bonchev–Trinajstić information content (AvgIpc) is 3.87. The van der Waals surface area contributed by atoms with Crippen molar-refractivity contribution in [1.29, 1.82) is 0 Å². The Morgan fingerprint density at radius 3 is 0.717 bits per heavy atom. The largest absolute Gasteiger partial charge is 2.00 e. The Morgan fingerprint density at radius 2 is 0.587 bits per heavy atom. The van der Waals surface area contributed by atoms with Gasteiger partial charge in [0.25, 0.3) is 0 Å². The molecule has 0 radical (unpaired) electrons. The number of pyridine rings is 2. The summed E-state index contributed by atoms with van der Waals surface area (Å²) >= 11 is 38.4. The molecule has 0 aromatic carbocycles.